The van der Waals surface area contributed by atoms with Gasteiger partial charge in [-0.2, -0.15) is 0 Å². The van der Waals surface area contributed by atoms with Crippen molar-refractivity contribution < 1.29 is 5.11 Å². The van der Waals surface area contributed by atoms with Gasteiger partial charge < -0.3 is 10.8 Å². The molecular formula is C16H19NO. The van der Waals surface area contributed by atoms with Gasteiger partial charge in [0.05, 0.1) is 0 Å². The minimum Gasteiger partial charge on any atom is -0.399 e. The van der Waals surface area contributed by atoms with Crippen molar-refractivity contribution in [1.29, 1.82) is 0 Å². The van der Waals surface area contributed by atoms with Gasteiger partial charge in [0.1, 0.15) is 6.10 Å². The van der Waals surface area contributed by atoms with E-state index in [9.17, 15) is 5.11 Å². The zero-order valence-electron chi connectivity index (χ0n) is 10.9. The van der Waals surface area contributed by atoms with Crippen molar-refractivity contribution in [3.63, 3.8) is 0 Å². The first-order chi connectivity index (χ1) is 8.63. The van der Waals surface area contributed by atoms with Gasteiger partial charge in [0.15, 0.2) is 0 Å². The van der Waals surface area contributed by atoms with Gasteiger partial charge in [-0.1, -0.05) is 43.3 Å². The summed E-state index contributed by atoms with van der Waals surface area (Å²) in [4.78, 5) is 0. The maximum atomic E-state index is 10.4. The van der Waals surface area contributed by atoms with Crippen molar-refractivity contribution in [2.75, 3.05) is 5.73 Å². The molecule has 0 aromatic heterocycles. The Kier molecular flexibility index (Phi) is 3.68. The molecule has 0 radical (unpaired) electrons. The molecule has 3 N–H and O–H groups in total. The third-order valence-electron chi connectivity index (χ3n) is 3.42. The summed E-state index contributed by atoms with van der Waals surface area (Å²) < 4.78 is 0. The Labute approximate surface area is 108 Å². The monoisotopic (exact) mass is 241 g/mol. The maximum absolute atomic E-state index is 10.4. The zero-order valence-corrected chi connectivity index (χ0v) is 10.9. The van der Waals surface area contributed by atoms with Gasteiger partial charge in [-0.25, -0.2) is 0 Å². The standard InChI is InChI=1S/C16H19NO/c1-3-12-7-9-13(10-8-12)16(18)14-5-4-6-15(17)11(14)2/h4-10,16,18H,3,17H2,1-2H3/t16-/m1/s1. The van der Waals surface area contributed by atoms with E-state index in [4.69, 9.17) is 5.73 Å². The molecule has 0 spiro atoms. The third-order valence-corrected chi connectivity index (χ3v) is 3.42. The molecule has 0 saturated carbocycles. The lowest BCUT2D eigenvalue weighted by atomic mass is 9.96. The van der Waals surface area contributed by atoms with Crippen molar-refractivity contribution in [3.05, 3.63) is 64.7 Å². The van der Waals surface area contributed by atoms with Gasteiger partial charge in [-0.05, 0) is 41.7 Å². The Morgan fingerprint density at radius 1 is 1.11 bits per heavy atom. The second-order valence-corrected chi connectivity index (χ2v) is 4.56. The molecule has 0 bridgehead atoms. The van der Waals surface area contributed by atoms with Gasteiger partial charge in [-0.15, -0.1) is 0 Å². The van der Waals surface area contributed by atoms with Crippen molar-refractivity contribution in [2.45, 2.75) is 26.4 Å². The molecule has 0 amide bonds. The number of nitrogen functional groups attached to an aromatic ring is 1. The summed E-state index contributed by atoms with van der Waals surface area (Å²) in [5.41, 5.74) is 10.6. The summed E-state index contributed by atoms with van der Waals surface area (Å²) in [7, 11) is 0. The summed E-state index contributed by atoms with van der Waals surface area (Å²) in [6.45, 7) is 4.06. The van der Waals surface area contributed by atoms with Crippen molar-refractivity contribution in [3.8, 4) is 0 Å². The highest BCUT2D eigenvalue weighted by atomic mass is 16.3. The van der Waals surface area contributed by atoms with Crippen molar-refractivity contribution in [2.24, 2.45) is 0 Å². The normalized spacial score (nSPS) is 12.4. The fraction of sp³-hybridized carbons (Fsp3) is 0.250. The Bertz CT molecular complexity index is 531. The van der Waals surface area contributed by atoms with Gasteiger partial charge in [0, 0.05) is 5.69 Å². The van der Waals surface area contributed by atoms with E-state index < -0.39 is 6.10 Å². The predicted octanol–water partition coefficient (Wildman–Crippen LogP) is 3.22. The van der Waals surface area contributed by atoms with Crippen LogP contribution in [0.25, 0.3) is 0 Å². The summed E-state index contributed by atoms with van der Waals surface area (Å²) in [5.74, 6) is 0. The average molecular weight is 241 g/mol. The molecule has 94 valence electrons. The predicted molar refractivity (Wildman–Crippen MR) is 75.5 cm³/mol. The summed E-state index contributed by atoms with van der Waals surface area (Å²) in [6.07, 6.45) is 0.396. The number of aliphatic hydroxyl groups excluding tert-OH is 1. The molecular weight excluding hydrogens is 222 g/mol. The van der Waals surface area contributed by atoms with E-state index in [0.29, 0.717) is 0 Å². The largest absolute Gasteiger partial charge is 0.399 e. The van der Waals surface area contributed by atoms with Crippen LogP contribution < -0.4 is 5.73 Å². The van der Waals surface area contributed by atoms with Crippen LogP contribution in [0.4, 0.5) is 5.69 Å². The van der Waals surface area contributed by atoms with Crippen LogP contribution in [-0.4, -0.2) is 5.11 Å². The minimum absolute atomic E-state index is 0.612. The number of hydrogen-bond donors (Lipinski definition) is 2. The first-order valence-electron chi connectivity index (χ1n) is 6.25. The molecule has 2 aromatic rings. The van der Waals surface area contributed by atoms with Crippen LogP contribution in [0.15, 0.2) is 42.5 Å². The first-order valence-corrected chi connectivity index (χ1v) is 6.25. The highest BCUT2D eigenvalue weighted by Gasteiger charge is 2.13. The Morgan fingerprint density at radius 3 is 2.39 bits per heavy atom. The van der Waals surface area contributed by atoms with E-state index in [2.05, 4.69) is 19.1 Å². The van der Waals surface area contributed by atoms with E-state index in [1.165, 1.54) is 5.56 Å². The van der Waals surface area contributed by atoms with Crippen LogP contribution in [0.3, 0.4) is 0 Å². The highest BCUT2D eigenvalue weighted by molar-refractivity contribution is 5.52. The van der Waals surface area contributed by atoms with E-state index >= 15 is 0 Å². The lowest BCUT2D eigenvalue weighted by Crippen LogP contribution is -2.04. The summed E-state index contributed by atoms with van der Waals surface area (Å²) in [5, 5.41) is 10.4. The van der Waals surface area contributed by atoms with Gasteiger partial charge >= 0.3 is 0 Å². The van der Waals surface area contributed by atoms with Crippen molar-refractivity contribution >= 4 is 5.69 Å². The molecule has 0 fully saturated rings. The van der Waals surface area contributed by atoms with Crippen LogP contribution in [0, 0.1) is 6.92 Å². The second kappa shape index (κ2) is 5.23. The number of hydrogen-bond acceptors (Lipinski definition) is 2. The third kappa shape index (κ3) is 2.39. The first kappa shape index (κ1) is 12.7. The quantitative estimate of drug-likeness (QED) is 0.810. The van der Waals surface area contributed by atoms with Crippen molar-refractivity contribution in [1.82, 2.24) is 0 Å². The molecule has 2 nitrogen and oxygen atoms in total. The molecule has 2 rings (SSSR count). The molecule has 0 aliphatic heterocycles. The van der Waals surface area contributed by atoms with E-state index in [-0.39, 0.29) is 0 Å². The topological polar surface area (TPSA) is 46.2 Å². The minimum atomic E-state index is -0.612. The Morgan fingerprint density at radius 2 is 1.78 bits per heavy atom. The average Bonchev–Trinajstić information content (AvgIpc) is 2.41. The summed E-state index contributed by atoms with van der Waals surface area (Å²) in [6, 6.07) is 13.7. The number of anilines is 1. The van der Waals surface area contributed by atoms with E-state index in [0.717, 1.165) is 28.8 Å². The van der Waals surface area contributed by atoms with Crippen LogP contribution in [0.1, 0.15) is 35.3 Å². The summed E-state index contributed by atoms with van der Waals surface area (Å²) >= 11 is 0. The second-order valence-electron chi connectivity index (χ2n) is 4.56. The number of aliphatic hydroxyl groups is 1. The van der Waals surface area contributed by atoms with Crippen LogP contribution in [0.5, 0.6) is 0 Å². The lowest BCUT2D eigenvalue weighted by Gasteiger charge is -2.15. The molecule has 2 heteroatoms. The molecule has 0 aliphatic rings. The molecule has 18 heavy (non-hydrogen) atoms. The smallest absolute Gasteiger partial charge is 0.104 e. The van der Waals surface area contributed by atoms with Crippen LogP contribution in [0.2, 0.25) is 0 Å². The fourth-order valence-corrected chi connectivity index (χ4v) is 2.08. The SMILES string of the molecule is CCc1ccc([C@@H](O)c2cccc(N)c2C)cc1. The van der Waals surface area contributed by atoms with Gasteiger partial charge in [0.2, 0.25) is 0 Å². The Balaban J connectivity index is 2.35. The number of aryl methyl sites for hydroxylation is 1. The van der Waals surface area contributed by atoms with Crippen LogP contribution >= 0.6 is 0 Å². The van der Waals surface area contributed by atoms with E-state index in [1.807, 2.05) is 37.3 Å². The number of nitrogens with two attached hydrogens (primary N) is 1. The zero-order chi connectivity index (χ0) is 13.1. The molecule has 0 aliphatic carbocycles. The van der Waals surface area contributed by atoms with Gasteiger partial charge in [0.25, 0.3) is 0 Å². The van der Waals surface area contributed by atoms with E-state index in [1.54, 1.807) is 0 Å². The highest BCUT2D eigenvalue weighted by Crippen LogP contribution is 2.27. The maximum Gasteiger partial charge on any atom is 0.104 e. The molecule has 0 saturated heterocycles. The molecule has 1 atom stereocenters. The van der Waals surface area contributed by atoms with Crippen LogP contribution in [-0.2, 0) is 6.42 Å². The fourth-order valence-electron chi connectivity index (χ4n) is 2.08. The lowest BCUT2D eigenvalue weighted by molar-refractivity contribution is 0.219. The Hall–Kier alpha value is -1.80. The number of benzene rings is 2. The van der Waals surface area contributed by atoms with Gasteiger partial charge in [-0.3, -0.25) is 0 Å². The molecule has 0 unspecified atom stereocenters. The molecule has 0 heterocycles. The number of rotatable bonds is 3. The molecule has 2 aromatic carbocycles.